The number of carbonyl (C=O) groups excluding carboxylic acids is 1. The third-order valence-corrected chi connectivity index (χ3v) is 0.839. The summed E-state index contributed by atoms with van der Waals surface area (Å²) in [6.45, 7) is 1.61. The molecule has 0 saturated carbocycles. The summed E-state index contributed by atoms with van der Waals surface area (Å²) in [6, 6.07) is -0.269. The lowest BCUT2D eigenvalue weighted by atomic mass is 10.2. The number of hydrogen-bond acceptors (Lipinski definition) is 2. The first-order valence-corrected chi connectivity index (χ1v) is 2.19. The standard InChI is InChI=1S/C5H11NO/c1-4(6-3)5(2)7/h4,6H,1-3H3/t4-/m0/s1/i1D. The maximum atomic E-state index is 10.4. The molecule has 0 fully saturated rings. The van der Waals surface area contributed by atoms with E-state index in [1.54, 1.807) is 7.05 Å². The summed E-state index contributed by atoms with van der Waals surface area (Å²) in [5.74, 6) is 0.0301. The fourth-order valence-corrected chi connectivity index (χ4v) is 0.203. The van der Waals surface area contributed by atoms with Crippen molar-refractivity contribution in [2.24, 2.45) is 0 Å². The second-order valence-corrected chi connectivity index (χ2v) is 1.45. The van der Waals surface area contributed by atoms with Crippen LogP contribution in [0.1, 0.15) is 15.2 Å². The van der Waals surface area contributed by atoms with Crippen LogP contribution in [0.2, 0.25) is 0 Å². The molecule has 0 radical (unpaired) electrons. The lowest BCUT2D eigenvalue weighted by Gasteiger charge is -2.01. The number of Topliss-reactive ketones (excluding diaryl/α,β-unsaturated/α-hetero) is 1. The van der Waals surface area contributed by atoms with E-state index in [1.807, 2.05) is 0 Å². The summed E-state index contributed by atoms with van der Waals surface area (Å²) in [4.78, 5) is 10.4. The van der Waals surface area contributed by atoms with Crippen molar-refractivity contribution in [2.45, 2.75) is 19.9 Å². The van der Waals surface area contributed by atoms with E-state index < -0.39 is 0 Å². The van der Waals surface area contributed by atoms with Gasteiger partial charge in [-0.05, 0) is 20.9 Å². The smallest absolute Gasteiger partial charge is 0.146 e. The molecule has 0 spiro atoms. The second kappa shape index (κ2) is 2.75. The van der Waals surface area contributed by atoms with Gasteiger partial charge in [0.2, 0.25) is 0 Å². The quantitative estimate of drug-likeness (QED) is 0.539. The molecule has 0 aliphatic carbocycles. The van der Waals surface area contributed by atoms with Crippen molar-refractivity contribution in [2.75, 3.05) is 7.05 Å². The van der Waals surface area contributed by atoms with Gasteiger partial charge in [0.25, 0.3) is 0 Å². The fraction of sp³-hybridized carbons (Fsp3) is 0.800. The minimum Gasteiger partial charge on any atom is -0.311 e. The summed E-state index contributed by atoms with van der Waals surface area (Å²) < 4.78 is 6.81. The molecule has 0 aliphatic rings. The minimum absolute atomic E-state index is 0.0301. The number of nitrogens with one attached hydrogen (secondary N) is 1. The van der Waals surface area contributed by atoms with Gasteiger partial charge in [-0.1, -0.05) is 0 Å². The van der Waals surface area contributed by atoms with Gasteiger partial charge in [0.05, 0.1) is 6.04 Å². The number of hydrogen-bond donors (Lipinski definition) is 1. The van der Waals surface area contributed by atoms with E-state index >= 15 is 0 Å². The van der Waals surface area contributed by atoms with E-state index in [2.05, 4.69) is 5.32 Å². The molecule has 7 heavy (non-hydrogen) atoms. The SMILES string of the molecule is [2H]C[C@H](NC)C(C)=O. The monoisotopic (exact) mass is 102 g/mol. The largest absolute Gasteiger partial charge is 0.311 e. The molecule has 0 unspecified atom stereocenters. The minimum atomic E-state index is -0.269. The van der Waals surface area contributed by atoms with E-state index in [1.165, 1.54) is 6.92 Å². The van der Waals surface area contributed by atoms with Gasteiger partial charge in [0.15, 0.2) is 0 Å². The Hall–Kier alpha value is -0.370. The van der Waals surface area contributed by atoms with Gasteiger partial charge in [-0.25, -0.2) is 0 Å². The Kier molecular flexibility index (Phi) is 1.88. The lowest BCUT2D eigenvalue weighted by Crippen LogP contribution is -2.28. The molecule has 0 rings (SSSR count). The fourth-order valence-electron chi connectivity index (χ4n) is 0.203. The summed E-state index contributed by atoms with van der Waals surface area (Å²) in [5, 5.41) is 2.71. The Bertz CT molecular complexity index is 80.5. The van der Waals surface area contributed by atoms with E-state index in [9.17, 15) is 4.79 Å². The number of rotatable bonds is 2. The first-order valence-electron chi connectivity index (χ1n) is 2.90. The summed E-state index contributed by atoms with van der Waals surface area (Å²) >= 11 is 0. The van der Waals surface area contributed by atoms with Crippen molar-refractivity contribution in [3.63, 3.8) is 0 Å². The molecule has 42 valence electrons. The normalized spacial score (nSPS) is 15.4. The van der Waals surface area contributed by atoms with Crippen molar-refractivity contribution in [1.82, 2.24) is 5.32 Å². The van der Waals surface area contributed by atoms with Crippen LogP contribution in [0.5, 0.6) is 0 Å². The topological polar surface area (TPSA) is 29.1 Å². The molecule has 0 aromatic heterocycles. The summed E-state index contributed by atoms with van der Waals surface area (Å²) in [6.07, 6.45) is 0. The number of carbonyl (C=O) groups is 1. The predicted octanol–water partition coefficient (Wildman–Crippen LogP) is 0.183. The van der Waals surface area contributed by atoms with Crippen LogP contribution in [0.25, 0.3) is 0 Å². The highest BCUT2D eigenvalue weighted by Crippen LogP contribution is 1.77. The van der Waals surface area contributed by atoms with E-state index in [4.69, 9.17) is 1.37 Å². The summed E-state index contributed by atoms with van der Waals surface area (Å²) in [7, 11) is 1.68. The Labute approximate surface area is 45.3 Å². The third-order valence-electron chi connectivity index (χ3n) is 0.839. The van der Waals surface area contributed by atoms with Gasteiger partial charge >= 0.3 is 0 Å². The van der Waals surface area contributed by atoms with Crippen LogP contribution in [0.15, 0.2) is 0 Å². The molecule has 0 bridgehead atoms. The molecule has 0 aromatic rings. The van der Waals surface area contributed by atoms with Gasteiger partial charge < -0.3 is 5.32 Å². The average Bonchev–Trinajstić information content (AvgIpc) is 1.69. The third kappa shape index (κ3) is 2.34. The summed E-state index contributed by atoms with van der Waals surface area (Å²) in [5.41, 5.74) is 0. The van der Waals surface area contributed by atoms with Gasteiger partial charge in [0.1, 0.15) is 5.78 Å². The van der Waals surface area contributed by atoms with Gasteiger partial charge in [-0.3, -0.25) is 4.79 Å². The maximum absolute atomic E-state index is 10.4. The number of likely N-dealkylation sites (N-methyl/N-ethyl adjacent to an activating group) is 1. The van der Waals surface area contributed by atoms with Crippen molar-refractivity contribution in [3.05, 3.63) is 0 Å². The first-order chi connectivity index (χ1) is 3.72. The second-order valence-electron chi connectivity index (χ2n) is 1.45. The van der Waals surface area contributed by atoms with Crippen molar-refractivity contribution >= 4 is 5.78 Å². The molecule has 2 heteroatoms. The molecule has 1 N–H and O–H groups in total. The average molecular weight is 102 g/mol. The highest BCUT2D eigenvalue weighted by atomic mass is 16.1. The van der Waals surface area contributed by atoms with Crippen LogP contribution >= 0.6 is 0 Å². The predicted molar refractivity (Wildman–Crippen MR) is 29.2 cm³/mol. The maximum Gasteiger partial charge on any atom is 0.146 e. The van der Waals surface area contributed by atoms with E-state index in [-0.39, 0.29) is 18.7 Å². The van der Waals surface area contributed by atoms with Crippen LogP contribution in [0, 0.1) is 0 Å². The van der Waals surface area contributed by atoms with Crippen LogP contribution in [-0.2, 0) is 4.79 Å². The highest BCUT2D eigenvalue weighted by Gasteiger charge is 2.00. The van der Waals surface area contributed by atoms with Crippen molar-refractivity contribution < 1.29 is 6.17 Å². The number of ketones is 1. The van der Waals surface area contributed by atoms with Gasteiger partial charge in [0, 0.05) is 1.37 Å². The van der Waals surface area contributed by atoms with Crippen LogP contribution < -0.4 is 5.32 Å². The zero-order valence-electron chi connectivity index (χ0n) is 5.69. The van der Waals surface area contributed by atoms with Crippen LogP contribution in [-0.4, -0.2) is 18.9 Å². The molecule has 0 heterocycles. The highest BCUT2D eigenvalue weighted by molar-refractivity contribution is 5.80. The zero-order valence-corrected chi connectivity index (χ0v) is 4.69. The first kappa shape index (κ1) is 4.78. The zero-order chi connectivity index (χ0) is 6.57. The molecular weight excluding hydrogens is 90.1 g/mol. The molecule has 0 aromatic carbocycles. The molecule has 0 aliphatic heterocycles. The Morgan fingerprint density at radius 3 is 2.57 bits per heavy atom. The lowest BCUT2D eigenvalue weighted by molar-refractivity contribution is -0.118. The van der Waals surface area contributed by atoms with Gasteiger partial charge in [-0.2, -0.15) is 0 Å². The van der Waals surface area contributed by atoms with Crippen molar-refractivity contribution in [1.29, 1.82) is 0 Å². The molecule has 1 atom stereocenters. The Balaban J connectivity index is 3.52. The molecule has 0 amide bonds. The molecular formula is C5H11NO. The van der Waals surface area contributed by atoms with E-state index in [0.717, 1.165) is 0 Å². The van der Waals surface area contributed by atoms with Crippen molar-refractivity contribution in [3.8, 4) is 0 Å². The van der Waals surface area contributed by atoms with Crippen LogP contribution in [0.3, 0.4) is 0 Å². The molecule has 0 saturated heterocycles. The van der Waals surface area contributed by atoms with E-state index in [0.29, 0.717) is 0 Å². The Morgan fingerprint density at radius 1 is 2.00 bits per heavy atom. The van der Waals surface area contributed by atoms with Crippen LogP contribution in [0.4, 0.5) is 0 Å². The Morgan fingerprint density at radius 2 is 2.57 bits per heavy atom. The van der Waals surface area contributed by atoms with Gasteiger partial charge in [-0.15, -0.1) is 0 Å². The molecule has 2 nitrogen and oxygen atoms in total.